The number of halogens is 2. The molecule has 86 valence electrons. The lowest BCUT2D eigenvalue weighted by Gasteiger charge is -2.00. The zero-order valence-electron chi connectivity index (χ0n) is 8.54. The first kappa shape index (κ1) is 12.8. The number of carbonyl (C=O) groups is 1. The number of amides is 1. The normalized spacial score (nSPS) is 10.4. The first-order chi connectivity index (χ1) is 7.65. The molecule has 0 aromatic heterocycles. The topological polar surface area (TPSA) is 50.7 Å². The monoisotopic (exact) mass is 260 g/mol. The molecule has 1 aromatic carbocycles. The van der Waals surface area contributed by atoms with Gasteiger partial charge >= 0.3 is 6.09 Å². The molecular formula is C10H10Cl2N2O2. The van der Waals surface area contributed by atoms with Crippen LogP contribution in [-0.4, -0.2) is 18.9 Å². The van der Waals surface area contributed by atoms with E-state index in [1.165, 1.54) is 6.21 Å². The lowest BCUT2D eigenvalue weighted by molar-refractivity contribution is 0.152. The molecule has 0 aliphatic carbocycles. The molecule has 0 fully saturated rings. The summed E-state index contributed by atoms with van der Waals surface area (Å²) in [6.07, 6.45) is 0.780. The molecule has 0 heterocycles. The summed E-state index contributed by atoms with van der Waals surface area (Å²) in [5, 5.41) is 4.49. The number of hydrazone groups is 1. The smallest absolute Gasteiger partial charge is 0.427 e. The van der Waals surface area contributed by atoms with Gasteiger partial charge in [0.1, 0.15) is 0 Å². The second kappa shape index (κ2) is 6.35. The molecular weight excluding hydrogens is 251 g/mol. The molecule has 0 radical (unpaired) electrons. The van der Waals surface area contributed by atoms with E-state index < -0.39 is 6.09 Å². The molecule has 0 saturated heterocycles. The zero-order valence-corrected chi connectivity index (χ0v) is 10.0. The molecule has 1 rings (SSSR count). The first-order valence-electron chi connectivity index (χ1n) is 4.55. The van der Waals surface area contributed by atoms with E-state index in [9.17, 15) is 4.79 Å². The van der Waals surface area contributed by atoms with Crippen molar-refractivity contribution in [2.45, 2.75) is 6.92 Å². The minimum atomic E-state index is -0.614. The van der Waals surface area contributed by atoms with Crippen LogP contribution in [0.25, 0.3) is 0 Å². The van der Waals surface area contributed by atoms with Gasteiger partial charge < -0.3 is 4.74 Å². The number of nitrogens with zero attached hydrogens (tertiary/aromatic N) is 1. The van der Waals surface area contributed by atoms with E-state index in [1.54, 1.807) is 25.1 Å². The van der Waals surface area contributed by atoms with E-state index in [4.69, 9.17) is 23.2 Å². The van der Waals surface area contributed by atoms with Crippen LogP contribution in [0.1, 0.15) is 12.5 Å². The Balaban J connectivity index is 2.63. The Morgan fingerprint density at radius 3 is 3.00 bits per heavy atom. The average molecular weight is 261 g/mol. The number of carbonyl (C=O) groups excluding carboxylic acids is 1. The number of benzene rings is 1. The molecule has 0 bridgehead atoms. The van der Waals surface area contributed by atoms with Gasteiger partial charge in [-0.3, -0.25) is 0 Å². The van der Waals surface area contributed by atoms with Crippen LogP contribution in [0.2, 0.25) is 10.0 Å². The SMILES string of the molecule is CCOC(=O)NN=Cc1cccc(Cl)c1Cl. The Hall–Kier alpha value is -1.26. The summed E-state index contributed by atoms with van der Waals surface area (Å²) in [4.78, 5) is 10.9. The summed E-state index contributed by atoms with van der Waals surface area (Å²) in [7, 11) is 0. The molecule has 4 nitrogen and oxygen atoms in total. The molecule has 1 amide bonds. The predicted molar refractivity (Wildman–Crippen MR) is 64.2 cm³/mol. The number of nitrogens with one attached hydrogen (secondary N) is 1. The van der Waals surface area contributed by atoms with Crippen molar-refractivity contribution in [1.82, 2.24) is 5.43 Å². The van der Waals surface area contributed by atoms with Crippen LogP contribution in [0, 0.1) is 0 Å². The van der Waals surface area contributed by atoms with Crippen molar-refractivity contribution in [1.29, 1.82) is 0 Å². The molecule has 0 unspecified atom stereocenters. The molecule has 6 heteroatoms. The van der Waals surface area contributed by atoms with Crippen LogP contribution in [0.5, 0.6) is 0 Å². The lowest BCUT2D eigenvalue weighted by atomic mass is 10.2. The summed E-state index contributed by atoms with van der Waals surface area (Å²) in [6, 6.07) is 5.13. The van der Waals surface area contributed by atoms with E-state index in [0.717, 1.165) is 0 Å². The van der Waals surface area contributed by atoms with Gasteiger partial charge in [0.05, 0.1) is 22.9 Å². The van der Waals surface area contributed by atoms with E-state index in [-0.39, 0.29) is 0 Å². The Morgan fingerprint density at radius 1 is 1.56 bits per heavy atom. The second-order valence-corrected chi connectivity index (χ2v) is 3.52. The average Bonchev–Trinajstić information content (AvgIpc) is 2.25. The van der Waals surface area contributed by atoms with Crippen molar-refractivity contribution >= 4 is 35.5 Å². The molecule has 0 saturated carbocycles. The number of hydrogen-bond acceptors (Lipinski definition) is 3. The minimum absolute atomic E-state index is 0.291. The number of hydrogen-bond donors (Lipinski definition) is 1. The van der Waals surface area contributed by atoms with Gasteiger partial charge in [0.25, 0.3) is 0 Å². The summed E-state index contributed by atoms with van der Waals surface area (Å²) in [5.74, 6) is 0. The van der Waals surface area contributed by atoms with E-state index in [0.29, 0.717) is 22.2 Å². The van der Waals surface area contributed by atoms with Crippen LogP contribution < -0.4 is 5.43 Å². The summed E-state index contributed by atoms with van der Waals surface area (Å²) in [5.41, 5.74) is 2.80. The van der Waals surface area contributed by atoms with E-state index in [2.05, 4.69) is 15.3 Å². The number of rotatable bonds is 3. The molecule has 0 aliphatic rings. The molecule has 16 heavy (non-hydrogen) atoms. The Morgan fingerprint density at radius 2 is 2.31 bits per heavy atom. The highest BCUT2D eigenvalue weighted by molar-refractivity contribution is 6.43. The van der Waals surface area contributed by atoms with Crippen LogP contribution >= 0.6 is 23.2 Å². The molecule has 0 atom stereocenters. The van der Waals surface area contributed by atoms with Crippen molar-refractivity contribution < 1.29 is 9.53 Å². The maximum absolute atomic E-state index is 10.9. The van der Waals surface area contributed by atoms with Crippen molar-refractivity contribution in [3.63, 3.8) is 0 Å². The Bertz CT molecular complexity index is 408. The highest BCUT2D eigenvalue weighted by atomic mass is 35.5. The van der Waals surface area contributed by atoms with Crippen molar-refractivity contribution in [2.75, 3.05) is 6.61 Å². The van der Waals surface area contributed by atoms with Gasteiger partial charge in [0.2, 0.25) is 0 Å². The zero-order chi connectivity index (χ0) is 12.0. The minimum Gasteiger partial charge on any atom is -0.449 e. The van der Waals surface area contributed by atoms with Gasteiger partial charge in [-0.2, -0.15) is 5.10 Å². The van der Waals surface area contributed by atoms with Crippen LogP contribution in [-0.2, 0) is 4.74 Å². The third-order valence-corrected chi connectivity index (χ3v) is 2.45. The van der Waals surface area contributed by atoms with Crippen LogP contribution in [0.15, 0.2) is 23.3 Å². The van der Waals surface area contributed by atoms with Gasteiger partial charge in [-0.1, -0.05) is 35.3 Å². The van der Waals surface area contributed by atoms with Gasteiger partial charge in [-0.05, 0) is 13.0 Å². The van der Waals surface area contributed by atoms with Crippen molar-refractivity contribution in [3.05, 3.63) is 33.8 Å². The van der Waals surface area contributed by atoms with Crippen molar-refractivity contribution in [3.8, 4) is 0 Å². The standard InChI is InChI=1S/C10H10Cl2N2O2/c1-2-16-10(15)14-13-6-7-4-3-5-8(11)9(7)12/h3-6H,2H2,1H3,(H,14,15). The molecule has 0 spiro atoms. The van der Waals surface area contributed by atoms with Crippen molar-refractivity contribution in [2.24, 2.45) is 5.10 Å². The third kappa shape index (κ3) is 3.72. The third-order valence-electron chi connectivity index (χ3n) is 1.62. The fourth-order valence-corrected chi connectivity index (χ4v) is 1.29. The predicted octanol–water partition coefficient (Wildman–Crippen LogP) is 3.07. The van der Waals surface area contributed by atoms with E-state index >= 15 is 0 Å². The Labute approximate surface area is 103 Å². The quantitative estimate of drug-likeness (QED) is 0.671. The lowest BCUT2D eigenvalue weighted by Crippen LogP contribution is -2.18. The Kier molecular flexibility index (Phi) is 5.08. The van der Waals surface area contributed by atoms with Gasteiger partial charge in [0.15, 0.2) is 0 Å². The molecule has 0 aliphatic heterocycles. The fraction of sp³-hybridized carbons (Fsp3) is 0.200. The number of ether oxygens (including phenoxy) is 1. The van der Waals surface area contributed by atoms with Gasteiger partial charge in [0, 0.05) is 5.56 Å². The van der Waals surface area contributed by atoms with E-state index in [1.807, 2.05) is 0 Å². The second-order valence-electron chi connectivity index (χ2n) is 2.73. The van der Waals surface area contributed by atoms with Gasteiger partial charge in [-0.25, -0.2) is 10.2 Å². The van der Waals surface area contributed by atoms with Gasteiger partial charge in [-0.15, -0.1) is 0 Å². The van der Waals surface area contributed by atoms with Crippen LogP contribution in [0.4, 0.5) is 4.79 Å². The highest BCUT2D eigenvalue weighted by Gasteiger charge is 2.01. The summed E-state index contributed by atoms with van der Waals surface area (Å²) < 4.78 is 4.61. The largest absolute Gasteiger partial charge is 0.449 e. The molecule has 1 N–H and O–H groups in total. The maximum atomic E-state index is 10.9. The molecule has 1 aromatic rings. The highest BCUT2D eigenvalue weighted by Crippen LogP contribution is 2.23. The van der Waals surface area contributed by atoms with Crippen LogP contribution in [0.3, 0.4) is 0 Å². The fourth-order valence-electron chi connectivity index (χ4n) is 0.938. The summed E-state index contributed by atoms with van der Waals surface area (Å²) >= 11 is 11.7. The first-order valence-corrected chi connectivity index (χ1v) is 5.30. The summed E-state index contributed by atoms with van der Waals surface area (Å²) in [6.45, 7) is 2.00. The maximum Gasteiger partial charge on any atom is 0.427 e.